The van der Waals surface area contributed by atoms with Gasteiger partial charge < -0.3 is 10.2 Å². The second kappa shape index (κ2) is 4.74. The van der Waals surface area contributed by atoms with Crippen molar-refractivity contribution in [3.05, 3.63) is 35.5 Å². The van der Waals surface area contributed by atoms with Crippen LogP contribution >= 0.6 is 0 Å². The highest BCUT2D eigenvalue weighted by Gasteiger charge is 2.17. The van der Waals surface area contributed by atoms with Gasteiger partial charge in [-0.25, -0.2) is 13.8 Å². The lowest BCUT2D eigenvalue weighted by atomic mass is 10.1. The van der Waals surface area contributed by atoms with E-state index in [1.165, 1.54) is 6.07 Å². The Balaban J connectivity index is 2.21. The largest absolute Gasteiger partial charge is 0.368 e. The quantitative estimate of drug-likeness (QED) is 0.855. The fourth-order valence-corrected chi connectivity index (χ4v) is 2.53. The van der Waals surface area contributed by atoms with Crippen LogP contribution in [0.25, 0.3) is 10.9 Å². The Hall–Kier alpha value is -1.75. The van der Waals surface area contributed by atoms with Crippen molar-refractivity contribution in [2.45, 2.75) is 6.92 Å². The molecule has 1 aromatic carbocycles. The number of pyridine rings is 1. The Morgan fingerprint density at radius 2 is 1.89 bits per heavy atom. The van der Waals surface area contributed by atoms with Crippen LogP contribution in [0.5, 0.6) is 0 Å². The fraction of sp³-hybridized carbons (Fsp3) is 0.357. The third-order valence-corrected chi connectivity index (χ3v) is 3.40. The number of aryl methyl sites for hydroxylation is 1. The minimum atomic E-state index is -0.602. The number of hydrogen-bond acceptors (Lipinski definition) is 3. The molecule has 1 aromatic heterocycles. The summed E-state index contributed by atoms with van der Waals surface area (Å²) in [6, 6.07) is 4.14. The number of piperazine rings is 1. The molecule has 0 bridgehead atoms. The van der Waals surface area contributed by atoms with Crippen LogP contribution in [-0.4, -0.2) is 31.2 Å². The summed E-state index contributed by atoms with van der Waals surface area (Å²) in [5.41, 5.74) is 1.85. The zero-order chi connectivity index (χ0) is 13.4. The van der Waals surface area contributed by atoms with Crippen molar-refractivity contribution in [2.75, 3.05) is 31.1 Å². The number of hydrogen-bond donors (Lipinski definition) is 1. The van der Waals surface area contributed by atoms with Gasteiger partial charge in [-0.15, -0.1) is 0 Å². The smallest absolute Gasteiger partial charge is 0.152 e. The van der Waals surface area contributed by atoms with Crippen LogP contribution in [0, 0.1) is 18.6 Å². The van der Waals surface area contributed by atoms with E-state index >= 15 is 0 Å². The molecule has 0 atom stereocenters. The fourth-order valence-electron chi connectivity index (χ4n) is 2.53. The maximum absolute atomic E-state index is 13.8. The standard InChI is InChI=1S/C14H15F2N3/c1-9-6-13(19-4-2-17-3-5-19)11-7-10(15)8-12(16)14(11)18-9/h6-8,17H,2-5H2,1H3. The number of halogens is 2. The number of nitrogens with one attached hydrogen (secondary N) is 1. The van der Waals surface area contributed by atoms with Crippen LogP contribution < -0.4 is 10.2 Å². The van der Waals surface area contributed by atoms with Crippen LogP contribution in [0.15, 0.2) is 18.2 Å². The maximum atomic E-state index is 13.8. The highest BCUT2D eigenvalue weighted by Crippen LogP contribution is 2.29. The minimum Gasteiger partial charge on any atom is -0.368 e. The molecule has 0 spiro atoms. The number of aromatic nitrogens is 1. The predicted octanol–water partition coefficient (Wildman–Crippen LogP) is 2.23. The monoisotopic (exact) mass is 263 g/mol. The van der Waals surface area contributed by atoms with Gasteiger partial charge in [0, 0.05) is 49.0 Å². The van der Waals surface area contributed by atoms with Gasteiger partial charge in [0.1, 0.15) is 11.3 Å². The van der Waals surface area contributed by atoms with Crippen molar-refractivity contribution in [2.24, 2.45) is 0 Å². The molecule has 0 radical (unpaired) electrons. The van der Waals surface area contributed by atoms with Gasteiger partial charge in [0.2, 0.25) is 0 Å². The molecule has 19 heavy (non-hydrogen) atoms. The van der Waals surface area contributed by atoms with Crippen LogP contribution in [0.3, 0.4) is 0 Å². The van der Waals surface area contributed by atoms with Gasteiger partial charge in [-0.05, 0) is 19.1 Å². The number of fused-ring (bicyclic) bond motifs is 1. The van der Waals surface area contributed by atoms with Gasteiger partial charge >= 0.3 is 0 Å². The Kier molecular flexibility index (Phi) is 3.06. The molecule has 1 N–H and O–H groups in total. The minimum absolute atomic E-state index is 0.245. The van der Waals surface area contributed by atoms with Gasteiger partial charge in [-0.1, -0.05) is 0 Å². The molecular formula is C14H15F2N3. The highest BCUT2D eigenvalue weighted by atomic mass is 19.1. The lowest BCUT2D eigenvalue weighted by Crippen LogP contribution is -2.43. The first-order valence-electron chi connectivity index (χ1n) is 6.37. The van der Waals surface area contributed by atoms with Gasteiger partial charge in [-0.2, -0.15) is 0 Å². The second-order valence-electron chi connectivity index (χ2n) is 4.80. The van der Waals surface area contributed by atoms with Crippen LogP contribution in [-0.2, 0) is 0 Å². The van der Waals surface area contributed by atoms with E-state index in [4.69, 9.17) is 0 Å². The van der Waals surface area contributed by atoms with Crippen molar-refractivity contribution in [3.63, 3.8) is 0 Å². The summed E-state index contributed by atoms with van der Waals surface area (Å²) in [6.07, 6.45) is 0. The topological polar surface area (TPSA) is 28.2 Å². The van der Waals surface area contributed by atoms with Crippen LogP contribution in [0.2, 0.25) is 0 Å². The van der Waals surface area contributed by atoms with Crippen molar-refractivity contribution >= 4 is 16.6 Å². The van der Waals surface area contributed by atoms with E-state index in [-0.39, 0.29) is 5.52 Å². The zero-order valence-corrected chi connectivity index (χ0v) is 10.7. The van der Waals surface area contributed by atoms with E-state index in [2.05, 4.69) is 15.2 Å². The van der Waals surface area contributed by atoms with Crippen molar-refractivity contribution < 1.29 is 8.78 Å². The summed E-state index contributed by atoms with van der Waals surface area (Å²) in [6.45, 7) is 5.24. The molecule has 100 valence electrons. The van der Waals surface area contributed by atoms with Crippen LogP contribution in [0.1, 0.15) is 5.69 Å². The molecule has 3 nitrogen and oxygen atoms in total. The summed E-state index contributed by atoms with van der Waals surface area (Å²) >= 11 is 0. The predicted molar refractivity (Wildman–Crippen MR) is 71.5 cm³/mol. The lowest BCUT2D eigenvalue weighted by molar-refractivity contribution is 0.585. The summed E-state index contributed by atoms with van der Waals surface area (Å²) in [5, 5.41) is 3.81. The van der Waals surface area contributed by atoms with Gasteiger partial charge in [0.25, 0.3) is 0 Å². The lowest BCUT2D eigenvalue weighted by Gasteiger charge is -2.30. The molecule has 1 aliphatic heterocycles. The average Bonchev–Trinajstić information content (AvgIpc) is 2.40. The van der Waals surface area contributed by atoms with E-state index in [9.17, 15) is 8.78 Å². The molecule has 0 aliphatic carbocycles. The third-order valence-electron chi connectivity index (χ3n) is 3.40. The summed E-state index contributed by atoms with van der Waals surface area (Å²) in [5.74, 6) is -1.16. The molecule has 1 fully saturated rings. The number of nitrogens with zero attached hydrogens (tertiary/aromatic N) is 2. The van der Waals surface area contributed by atoms with Gasteiger partial charge in [-0.3, -0.25) is 0 Å². The second-order valence-corrected chi connectivity index (χ2v) is 4.80. The Morgan fingerprint density at radius 3 is 2.63 bits per heavy atom. The molecule has 2 aromatic rings. The molecular weight excluding hydrogens is 248 g/mol. The summed E-state index contributed by atoms with van der Waals surface area (Å²) in [4.78, 5) is 6.33. The Morgan fingerprint density at radius 1 is 1.16 bits per heavy atom. The first kappa shape index (κ1) is 12.3. The molecule has 0 unspecified atom stereocenters. The zero-order valence-electron chi connectivity index (χ0n) is 10.7. The average molecular weight is 263 g/mol. The first-order chi connectivity index (χ1) is 9.15. The molecule has 0 amide bonds. The summed E-state index contributed by atoms with van der Waals surface area (Å²) < 4.78 is 27.3. The van der Waals surface area contributed by atoms with Crippen molar-refractivity contribution in [3.8, 4) is 0 Å². The van der Waals surface area contributed by atoms with Gasteiger partial charge in [0.05, 0.1) is 0 Å². The van der Waals surface area contributed by atoms with Crippen molar-refractivity contribution in [1.82, 2.24) is 10.3 Å². The molecule has 1 aliphatic rings. The summed E-state index contributed by atoms with van der Waals surface area (Å²) in [7, 11) is 0. The third kappa shape index (κ3) is 2.26. The van der Waals surface area contributed by atoms with E-state index in [1.54, 1.807) is 0 Å². The van der Waals surface area contributed by atoms with E-state index in [0.29, 0.717) is 5.39 Å². The molecule has 5 heteroatoms. The number of benzene rings is 1. The SMILES string of the molecule is Cc1cc(N2CCNCC2)c2cc(F)cc(F)c2n1. The molecule has 0 saturated carbocycles. The Bertz CT molecular complexity index is 622. The maximum Gasteiger partial charge on any atom is 0.152 e. The number of anilines is 1. The first-order valence-corrected chi connectivity index (χ1v) is 6.37. The van der Waals surface area contributed by atoms with Gasteiger partial charge in [0.15, 0.2) is 5.82 Å². The van der Waals surface area contributed by atoms with E-state index < -0.39 is 11.6 Å². The molecule has 3 rings (SSSR count). The Labute approximate surface area is 110 Å². The van der Waals surface area contributed by atoms with Crippen LogP contribution in [0.4, 0.5) is 14.5 Å². The number of rotatable bonds is 1. The van der Waals surface area contributed by atoms with E-state index in [1.807, 2.05) is 13.0 Å². The van der Waals surface area contributed by atoms with Crippen molar-refractivity contribution in [1.29, 1.82) is 0 Å². The molecule has 1 saturated heterocycles. The molecule has 2 heterocycles. The highest BCUT2D eigenvalue weighted by molar-refractivity contribution is 5.92. The normalized spacial score (nSPS) is 16.1. The van der Waals surface area contributed by atoms with E-state index in [0.717, 1.165) is 43.6 Å².